The first kappa shape index (κ1) is 17.1. The standard InChI is InChI=1S/C5H7ClO2.C5H8O3/c2*1-2-5(7)8-4-3-6/h2H,1,3-4H2;2,6H,1,3-4H2. The van der Waals surface area contributed by atoms with Crippen LogP contribution in [0.25, 0.3) is 0 Å². The molecule has 0 atom stereocenters. The Balaban J connectivity index is 0. The second kappa shape index (κ2) is 13.7. The normalized spacial score (nSPS) is 8.12. The fraction of sp³-hybridized carbons (Fsp3) is 0.400. The Hall–Kier alpha value is -1.33. The summed E-state index contributed by atoms with van der Waals surface area (Å²) >= 11 is 5.19. The highest BCUT2D eigenvalue weighted by atomic mass is 35.5. The van der Waals surface area contributed by atoms with Crippen LogP contribution in [0.5, 0.6) is 0 Å². The number of carbonyl (C=O) groups is 2. The van der Waals surface area contributed by atoms with Gasteiger partial charge in [0.05, 0.1) is 12.5 Å². The van der Waals surface area contributed by atoms with Gasteiger partial charge in [0.2, 0.25) is 0 Å². The Morgan fingerprint density at radius 1 is 1.12 bits per heavy atom. The number of halogens is 1. The van der Waals surface area contributed by atoms with Gasteiger partial charge in [-0.15, -0.1) is 11.6 Å². The van der Waals surface area contributed by atoms with E-state index in [0.717, 1.165) is 12.2 Å². The van der Waals surface area contributed by atoms with E-state index in [1.165, 1.54) is 0 Å². The van der Waals surface area contributed by atoms with E-state index in [4.69, 9.17) is 16.7 Å². The first-order valence-electron chi connectivity index (χ1n) is 4.37. The molecule has 0 radical (unpaired) electrons. The van der Waals surface area contributed by atoms with Crippen LogP contribution in [0.15, 0.2) is 25.3 Å². The molecule has 0 amide bonds. The van der Waals surface area contributed by atoms with Crippen molar-refractivity contribution >= 4 is 23.5 Å². The van der Waals surface area contributed by atoms with Crippen LogP contribution in [0.1, 0.15) is 0 Å². The molecule has 0 aromatic carbocycles. The van der Waals surface area contributed by atoms with E-state index in [-0.39, 0.29) is 19.8 Å². The van der Waals surface area contributed by atoms with Crippen molar-refractivity contribution in [2.45, 2.75) is 0 Å². The summed E-state index contributed by atoms with van der Waals surface area (Å²) in [5.74, 6) is -0.593. The number of hydrogen-bond acceptors (Lipinski definition) is 5. The van der Waals surface area contributed by atoms with Crippen molar-refractivity contribution in [1.82, 2.24) is 0 Å². The summed E-state index contributed by atoms with van der Waals surface area (Å²) in [5, 5.41) is 8.10. The summed E-state index contributed by atoms with van der Waals surface area (Å²) in [4.78, 5) is 20.3. The fourth-order valence-corrected chi connectivity index (χ4v) is 0.480. The van der Waals surface area contributed by atoms with Crippen LogP contribution in [0.2, 0.25) is 0 Å². The molecule has 0 heterocycles. The number of alkyl halides is 1. The third-order valence-electron chi connectivity index (χ3n) is 0.990. The Bertz CT molecular complexity index is 203. The topological polar surface area (TPSA) is 72.8 Å². The third kappa shape index (κ3) is 15.2. The van der Waals surface area contributed by atoms with Gasteiger partial charge in [-0.05, 0) is 0 Å². The van der Waals surface area contributed by atoms with Gasteiger partial charge < -0.3 is 14.6 Å². The molecule has 0 rings (SSSR count). The minimum Gasteiger partial charge on any atom is -0.461 e. The number of ether oxygens (including phenoxy) is 2. The average molecular weight is 251 g/mol. The molecule has 0 aliphatic carbocycles. The molecular weight excluding hydrogens is 236 g/mol. The summed E-state index contributed by atoms with van der Waals surface area (Å²) in [6.45, 7) is 6.52. The van der Waals surface area contributed by atoms with Crippen LogP contribution in [0.3, 0.4) is 0 Å². The van der Waals surface area contributed by atoms with Crippen LogP contribution in [-0.2, 0) is 19.1 Å². The summed E-state index contributed by atoms with van der Waals surface area (Å²) < 4.78 is 8.78. The van der Waals surface area contributed by atoms with Gasteiger partial charge in [0.1, 0.15) is 13.2 Å². The predicted octanol–water partition coefficient (Wildman–Crippen LogP) is 0.662. The van der Waals surface area contributed by atoms with E-state index in [9.17, 15) is 9.59 Å². The minimum atomic E-state index is -0.501. The van der Waals surface area contributed by atoms with Crippen molar-refractivity contribution in [3.63, 3.8) is 0 Å². The molecule has 92 valence electrons. The molecule has 5 nitrogen and oxygen atoms in total. The molecule has 0 aromatic rings. The zero-order chi connectivity index (χ0) is 12.8. The number of carbonyl (C=O) groups excluding carboxylic acids is 2. The first-order valence-corrected chi connectivity index (χ1v) is 4.91. The SMILES string of the molecule is C=CC(=O)OCCCl.C=CC(=O)OCCO. The van der Waals surface area contributed by atoms with Crippen molar-refractivity contribution in [1.29, 1.82) is 0 Å². The van der Waals surface area contributed by atoms with E-state index in [0.29, 0.717) is 5.88 Å². The molecule has 0 saturated carbocycles. The Morgan fingerprint density at radius 2 is 1.56 bits per heavy atom. The molecule has 6 heteroatoms. The second-order valence-corrected chi connectivity index (χ2v) is 2.53. The zero-order valence-corrected chi connectivity index (χ0v) is 9.61. The van der Waals surface area contributed by atoms with Crippen LogP contribution < -0.4 is 0 Å². The lowest BCUT2D eigenvalue weighted by atomic mass is 10.6. The van der Waals surface area contributed by atoms with Gasteiger partial charge in [0.15, 0.2) is 0 Å². The molecule has 0 spiro atoms. The van der Waals surface area contributed by atoms with Crippen molar-refractivity contribution in [2.24, 2.45) is 0 Å². The van der Waals surface area contributed by atoms with Crippen LogP contribution >= 0.6 is 11.6 Å². The Morgan fingerprint density at radius 3 is 1.88 bits per heavy atom. The highest BCUT2D eigenvalue weighted by molar-refractivity contribution is 6.18. The Labute approximate surface area is 99.3 Å². The summed E-state index contributed by atoms with van der Waals surface area (Å²) in [6, 6.07) is 0. The summed E-state index contributed by atoms with van der Waals surface area (Å²) in [6.07, 6.45) is 2.15. The second-order valence-electron chi connectivity index (χ2n) is 2.16. The first-order chi connectivity index (χ1) is 7.62. The van der Waals surface area contributed by atoms with Gasteiger partial charge in [-0.25, -0.2) is 9.59 Å². The maximum Gasteiger partial charge on any atom is 0.330 e. The minimum absolute atomic E-state index is 0.0465. The molecule has 0 aromatic heterocycles. The molecular formula is C10H15ClO5. The highest BCUT2D eigenvalue weighted by Crippen LogP contribution is 1.80. The predicted molar refractivity (Wildman–Crippen MR) is 60.1 cm³/mol. The zero-order valence-electron chi connectivity index (χ0n) is 8.86. The van der Waals surface area contributed by atoms with Crippen molar-refractivity contribution in [2.75, 3.05) is 25.7 Å². The molecule has 0 aliphatic heterocycles. The van der Waals surface area contributed by atoms with E-state index >= 15 is 0 Å². The van der Waals surface area contributed by atoms with Gasteiger partial charge >= 0.3 is 11.9 Å². The Kier molecular flexibility index (Phi) is 14.6. The number of aliphatic hydroxyl groups is 1. The molecule has 0 unspecified atom stereocenters. The average Bonchev–Trinajstić information content (AvgIpc) is 2.33. The van der Waals surface area contributed by atoms with Crippen LogP contribution in [0, 0.1) is 0 Å². The molecule has 16 heavy (non-hydrogen) atoms. The number of aliphatic hydroxyl groups excluding tert-OH is 1. The van der Waals surface area contributed by atoms with Gasteiger partial charge in [-0.1, -0.05) is 13.2 Å². The molecule has 0 bridgehead atoms. The maximum atomic E-state index is 10.2. The van der Waals surface area contributed by atoms with Crippen LogP contribution in [0.4, 0.5) is 0 Å². The van der Waals surface area contributed by atoms with Gasteiger partial charge in [-0.3, -0.25) is 0 Å². The van der Waals surface area contributed by atoms with E-state index < -0.39 is 11.9 Å². The smallest absolute Gasteiger partial charge is 0.330 e. The number of esters is 2. The lowest BCUT2D eigenvalue weighted by molar-refractivity contribution is -0.139. The van der Waals surface area contributed by atoms with Crippen molar-refractivity contribution < 1.29 is 24.2 Å². The third-order valence-corrected chi connectivity index (χ3v) is 1.14. The molecule has 1 N–H and O–H groups in total. The maximum absolute atomic E-state index is 10.2. The number of rotatable bonds is 6. The molecule has 0 fully saturated rings. The molecule has 0 saturated heterocycles. The van der Waals surface area contributed by atoms with E-state index in [2.05, 4.69) is 22.6 Å². The van der Waals surface area contributed by atoms with Gasteiger partial charge in [0.25, 0.3) is 0 Å². The number of hydrogen-bond donors (Lipinski definition) is 1. The van der Waals surface area contributed by atoms with Crippen molar-refractivity contribution in [3.05, 3.63) is 25.3 Å². The van der Waals surface area contributed by atoms with E-state index in [1.54, 1.807) is 0 Å². The van der Waals surface area contributed by atoms with Crippen molar-refractivity contribution in [3.8, 4) is 0 Å². The lowest BCUT2D eigenvalue weighted by Gasteiger charge is -1.94. The van der Waals surface area contributed by atoms with Gasteiger partial charge in [0, 0.05) is 12.2 Å². The highest BCUT2D eigenvalue weighted by Gasteiger charge is 1.90. The quantitative estimate of drug-likeness (QED) is 0.426. The summed E-state index contributed by atoms with van der Waals surface area (Å²) in [7, 11) is 0. The summed E-state index contributed by atoms with van der Waals surface area (Å²) in [5.41, 5.74) is 0. The van der Waals surface area contributed by atoms with Gasteiger partial charge in [-0.2, -0.15) is 0 Å². The van der Waals surface area contributed by atoms with Crippen LogP contribution in [-0.4, -0.2) is 42.7 Å². The lowest BCUT2D eigenvalue weighted by Crippen LogP contribution is -2.04. The molecule has 0 aliphatic rings. The monoisotopic (exact) mass is 250 g/mol. The largest absolute Gasteiger partial charge is 0.461 e. The fourth-order valence-electron chi connectivity index (χ4n) is 0.403. The van der Waals surface area contributed by atoms with E-state index in [1.807, 2.05) is 0 Å².